The molecule has 7 nitrogen and oxygen atoms in total. The van der Waals surface area contributed by atoms with Crippen molar-refractivity contribution in [2.75, 3.05) is 11.1 Å². The second-order valence-electron chi connectivity index (χ2n) is 6.07. The molecule has 1 aliphatic carbocycles. The molecule has 0 aromatic carbocycles. The number of hydrogen-bond acceptors (Lipinski definition) is 8. The van der Waals surface area contributed by atoms with Crippen molar-refractivity contribution >= 4 is 39.0 Å². The molecule has 4 rings (SSSR count). The van der Waals surface area contributed by atoms with E-state index >= 15 is 0 Å². The first-order valence-electron chi connectivity index (χ1n) is 8.06. The molecule has 0 amide bonds. The van der Waals surface area contributed by atoms with Gasteiger partial charge in [-0.25, -0.2) is 19.9 Å². The topological polar surface area (TPSA) is 116 Å². The molecule has 0 unspecified atom stereocenters. The van der Waals surface area contributed by atoms with Gasteiger partial charge in [0.05, 0.1) is 15.2 Å². The summed E-state index contributed by atoms with van der Waals surface area (Å²) in [7, 11) is 0. The summed E-state index contributed by atoms with van der Waals surface area (Å²) in [5.41, 5.74) is 13.0. The highest BCUT2D eigenvalue weighted by Gasteiger charge is 2.26. The molecular formula is C16H19N7S. The second-order valence-corrected chi connectivity index (χ2v) is 7.10. The number of rotatable bonds is 3. The van der Waals surface area contributed by atoms with Crippen molar-refractivity contribution in [3.05, 3.63) is 29.7 Å². The van der Waals surface area contributed by atoms with Gasteiger partial charge in [0.25, 0.3) is 0 Å². The number of fused-ring (bicyclic) bond motifs is 1. The summed E-state index contributed by atoms with van der Waals surface area (Å²) in [5, 5.41) is 4.32. The molecule has 0 radical (unpaired) electrons. The molecule has 5 N–H and O–H groups in total. The quantitative estimate of drug-likeness (QED) is 0.670. The Morgan fingerprint density at radius 3 is 2.88 bits per heavy atom. The van der Waals surface area contributed by atoms with Crippen LogP contribution in [-0.2, 0) is 0 Å². The number of nitrogen functional groups attached to an aromatic ring is 1. The van der Waals surface area contributed by atoms with E-state index in [1.54, 1.807) is 23.6 Å². The molecule has 1 saturated carbocycles. The first-order valence-corrected chi connectivity index (χ1v) is 8.88. The van der Waals surface area contributed by atoms with Gasteiger partial charge in [0.15, 0.2) is 5.82 Å². The molecular weight excluding hydrogens is 322 g/mol. The highest BCUT2D eigenvalue weighted by molar-refractivity contribution is 7.19. The number of aromatic nitrogens is 4. The summed E-state index contributed by atoms with van der Waals surface area (Å²) < 4.78 is 1.02. The molecule has 3 aromatic heterocycles. The SMILES string of the molecule is Nc1cc(Nc2nccc3nc([C@H]4CCCC[C@@H]4N)sc23)ncn1. The highest BCUT2D eigenvalue weighted by atomic mass is 32.1. The lowest BCUT2D eigenvalue weighted by atomic mass is 9.85. The number of pyridine rings is 1. The monoisotopic (exact) mass is 341 g/mol. The average Bonchev–Trinajstić information content (AvgIpc) is 3.00. The van der Waals surface area contributed by atoms with Crippen LogP contribution in [0.5, 0.6) is 0 Å². The molecule has 1 fully saturated rings. The third-order valence-electron chi connectivity index (χ3n) is 4.39. The zero-order valence-corrected chi connectivity index (χ0v) is 14.0. The van der Waals surface area contributed by atoms with Gasteiger partial charge < -0.3 is 16.8 Å². The Morgan fingerprint density at radius 1 is 1.17 bits per heavy atom. The predicted octanol–water partition coefficient (Wildman–Crippen LogP) is 2.79. The van der Waals surface area contributed by atoms with Crippen molar-refractivity contribution in [3.8, 4) is 0 Å². The Morgan fingerprint density at radius 2 is 2.04 bits per heavy atom. The van der Waals surface area contributed by atoms with Crippen LogP contribution in [0.4, 0.5) is 17.5 Å². The third kappa shape index (κ3) is 2.90. The van der Waals surface area contributed by atoms with E-state index in [0.717, 1.165) is 33.9 Å². The zero-order chi connectivity index (χ0) is 16.5. The van der Waals surface area contributed by atoms with Crippen LogP contribution in [0.3, 0.4) is 0 Å². The molecule has 3 aromatic rings. The molecule has 2 atom stereocenters. The van der Waals surface area contributed by atoms with E-state index in [2.05, 4.69) is 20.3 Å². The number of thiazole rings is 1. The fraction of sp³-hybridized carbons (Fsp3) is 0.375. The zero-order valence-electron chi connectivity index (χ0n) is 13.1. The van der Waals surface area contributed by atoms with Gasteiger partial charge in [0.1, 0.15) is 18.0 Å². The van der Waals surface area contributed by atoms with Gasteiger partial charge in [-0.15, -0.1) is 11.3 Å². The van der Waals surface area contributed by atoms with E-state index < -0.39 is 0 Å². The molecule has 0 bridgehead atoms. The van der Waals surface area contributed by atoms with Crippen molar-refractivity contribution in [2.45, 2.75) is 37.6 Å². The predicted molar refractivity (Wildman–Crippen MR) is 96.3 cm³/mol. The van der Waals surface area contributed by atoms with E-state index in [0.29, 0.717) is 17.6 Å². The van der Waals surface area contributed by atoms with Crippen molar-refractivity contribution in [2.24, 2.45) is 5.73 Å². The molecule has 1 aliphatic rings. The summed E-state index contributed by atoms with van der Waals surface area (Å²) in [6.07, 6.45) is 7.80. The Bertz CT molecular complexity index is 863. The lowest BCUT2D eigenvalue weighted by Gasteiger charge is -2.26. The maximum atomic E-state index is 6.32. The summed E-state index contributed by atoms with van der Waals surface area (Å²) in [6, 6.07) is 3.81. The minimum absolute atomic E-state index is 0.199. The van der Waals surface area contributed by atoms with Crippen molar-refractivity contribution in [1.82, 2.24) is 19.9 Å². The van der Waals surface area contributed by atoms with E-state index in [1.807, 2.05) is 6.07 Å². The molecule has 24 heavy (non-hydrogen) atoms. The van der Waals surface area contributed by atoms with Crippen molar-refractivity contribution < 1.29 is 0 Å². The number of nitrogens with two attached hydrogens (primary N) is 2. The smallest absolute Gasteiger partial charge is 0.151 e. The summed E-state index contributed by atoms with van der Waals surface area (Å²) in [4.78, 5) is 17.3. The Balaban J connectivity index is 1.69. The standard InChI is InChI=1S/C16H19N7S/c17-10-4-2-1-3-9(10)16-22-11-5-6-19-15(14(11)24-16)23-13-7-12(18)20-8-21-13/h5-10H,1-4,17H2,(H3,18,19,20,21,23)/t9-,10-/m0/s1. The van der Waals surface area contributed by atoms with Crippen LogP contribution in [0.1, 0.15) is 36.6 Å². The Kier molecular flexibility index (Phi) is 3.99. The second kappa shape index (κ2) is 6.29. The summed E-state index contributed by atoms with van der Waals surface area (Å²) in [6.45, 7) is 0. The molecule has 3 heterocycles. The van der Waals surface area contributed by atoms with Crippen LogP contribution < -0.4 is 16.8 Å². The van der Waals surface area contributed by atoms with Gasteiger partial charge in [-0.1, -0.05) is 12.8 Å². The molecule has 0 spiro atoms. The Hall–Kier alpha value is -2.32. The molecule has 0 saturated heterocycles. The van der Waals surface area contributed by atoms with Crippen LogP contribution in [-0.4, -0.2) is 26.0 Å². The van der Waals surface area contributed by atoms with Crippen LogP contribution in [0.25, 0.3) is 10.2 Å². The third-order valence-corrected chi connectivity index (χ3v) is 5.60. The van der Waals surface area contributed by atoms with Crippen LogP contribution in [0.15, 0.2) is 24.7 Å². The van der Waals surface area contributed by atoms with Gasteiger partial charge in [-0.05, 0) is 18.9 Å². The van der Waals surface area contributed by atoms with Gasteiger partial charge in [-0.3, -0.25) is 0 Å². The van der Waals surface area contributed by atoms with Gasteiger partial charge in [-0.2, -0.15) is 0 Å². The maximum Gasteiger partial charge on any atom is 0.151 e. The largest absolute Gasteiger partial charge is 0.384 e. The lowest BCUT2D eigenvalue weighted by molar-refractivity contribution is 0.385. The first-order chi connectivity index (χ1) is 11.7. The van der Waals surface area contributed by atoms with Gasteiger partial charge in [0.2, 0.25) is 0 Å². The fourth-order valence-electron chi connectivity index (χ4n) is 3.15. The van der Waals surface area contributed by atoms with Crippen LogP contribution in [0, 0.1) is 0 Å². The summed E-state index contributed by atoms with van der Waals surface area (Å²) in [5.74, 6) is 2.11. The fourth-order valence-corrected chi connectivity index (χ4v) is 4.36. The van der Waals surface area contributed by atoms with E-state index in [4.69, 9.17) is 16.5 Å². The molecule has 8 heteroatoms. The lowest BCUT2D eigenvalue weighted by Crippen LogP contribution is -2.31. The Labute approximate surface area is 143 Å². The first kappa shape index (κ1) is 15.2. The normalized spacial score (nSPS) is 21.0. The number of nitrogens with zero attached hydrogens (tertiary/aromatic N) is 4. The summed E-state index contributed by atoms with van der Waals surface area (Å²) >= 11 is 1.67. The van der Waals surface area contributed by atoms with Gasteiger partial charge in [0, 0.05) is 24.2 Å². The minimum atomic E-state index is 0.199. The molecule has 124 valence electrons. The van der Waals surface area contributed by atoms with Gasteiger partial charge >= 0.3 is 0 Å². The van der Waals surface area contributed by atoms with Crippen molar-refractivity contribution in [3.63, 3.8) is 0 Å². The molecule has 0 aliphatic heterocycles. The minimum Gasteiger partial charge on any atom is -0.384 e. The van der Waals surface area contributed by atoms with E-state index in [9.17, 15) is 0 Å². The number of nitrogens with one attached hydrogen (secondary N) is 1. The number of anilines is 3. The van der Waals surface area contributed by atoms with Crippen molar-refractivity contribution in [1.29, 1.82) is 0 Å². The van der Waals surface area contributed by atoms with E-state index in [1.165, 1.54) is 19.2 Å². The maximum absolute atomic E-state index is 6.32. The van der Waals surface area contributed by atoms with E-state index in [-0.39, 0.29) is 6.04 Å². The average molecular weight is 341 g/mol. The number of hydrogen-bond donors (Lipinski definition) is 3. The van der Waals surface area contributed by atoms with Crippen LogP contribution in [0.2, 0.25) is 0 Å². The highest BCUT2D eigenvalue weighted by Crippen LogP contribution is 2.38. The van der Waals surface area contributed by atoms with Crippen LogP contribution >= 0.6 is 11.3 Å².